The summed E-state index contributed by atoms with van der Waals surface area (Å²) in [4.78, 5) is 25.6. The number of piperazine rings is 1. The number of nitrogens with zero attached hydrogens (tertiary/aromatic N) is 3. The summed E-state index contributed by atoms with van der Waals surface area (Å²) in [7, 11) is 0. The summed E-state index contributed by atoms with van der Waals surface area (Å²) >= 11 is 0. The van der Waals surface area contributed by atoms with Crippen LogP contribution < -0.4 is 0 Å². The van der Waals surface area contributed by atoms with Gasteiger partial charge in [-0.1, -0.05) is 6.07 Å². The number of nitro groups is 1. The minimum Gasteiger partial charge on any atom is -0.336 e. The summed E-state index contributed by atoms with van der Waals surface area (Å²) in [6.07, 6.45) is 0. The Morgan fingerprint density at radius 1 is 1.00 bits per heavy atom. The number of nitro benzene ring substituents is 1. The van der Waals surface area contributed by atoms with Crippen LogP contribution in [0.25, 0.3) is 0 Å². The highest BCUT2D eigenvalue weighted by Crippen LogP contribution is 2.20. The lowest BCUT2D eigenvalue weighted by molar-refractivity contribution is -0.385. The van der Waals surface area contributed by atoms with Crippen LogP contribution in [0.2, 0.25) is 0 Å². The van der Waals surface area contributed by atoms with Crippen LogP contribution in [0.5, 0.6) is 0 Å². The van der Waals surface area contributed by atoms with E-state index >= 15 is 0 Å². The third-order valence-electron chi connectivity index (χ3n) is 4.48. The fourth-order valence-corrected chi connectivity index (χ4v) is 2.99. The Hall–Kier alpha value is -2.94. The zero-order valence-corrected chi connectivity index (χ0v) is 14.2. The zero-order chi connectivity index (χ0) is 19.6. The van der Waals surface area contributed by atoms with Gasteiger partial charge in [0.15, 0.2) is 0 Å². The Labute approximate surface area is 153 Å². The van der Waals surface area contributed by atoms with E-state index in [1.807, 2.05) is 4.90 Å². The second kappa shape index (κ2) is 7.75. The van der Waals surface area contributed by atoms with Crippen molar-refractivity contribution in [2.75, 3.05) is 26.2 Å². The molecule has 27 heavy (non-hydrogen) atoms. The van der Waals surface area contributed by atoms with Crippen molar-refractivity contribution in [1.29, 1.82) is 0 Å². The molecule has 2 aromatic rings. The predicted octanol–water partition coefficient (Wildman–Crippen LogP) is 2.97. The van der Waals surface area contributed by atoms with Crippen molar-refractivity contribution in [2.24, 2.45) is 0 Å². The maximum atomic E-state index is 14.0. The summed E-state index contributed by atoms with van der Waals surface area (Å²) in [6, 6.07) is 6.72. The van der Waals surface area contributed by atoms with Gasteiger partial charge in [0, 0.05) is 44.4 Å². The normalized spacial score (nSPS) is 15.0. The van der Waals surface area contributed by atoms with Crippen LogP contribution >= 0.6 is 0 Å². The fourth-order valence-electron chi connectivity index (χ4n) is 2.99. The quantitative estimate of drug-likeness (QED) is 0.605. The lowest BCUT2D eigenvalue weighted by atomic mass is 10.1. The second-order valence-electron chi connectivity index (χ2n) is 6.20. The second-order valence-corrected chi connectivity index (χ2v) is 6.20. The molecular weight excluding hydrogens is 363 g/mol. The Kier molecular flexibility index (Phi) is 5.41. The SMILES string of the molecule is O=C(c1c(F)cccc1F)N1CCN(Cc2ccc([N+](=O)[O-])cc2F)CC1. The highest BCUT2D eigenvalue weighted by Gasteiger charge is 2.27. The van der Waals surface area contributed by atoms with E-state index in [1.165, 1.54) is 23.1 Å². The first-order chi connectivity index (χ1) is 12.9. The fraction of sp³-hybridized carbons (Fsp3) is 0.278. The van der Waals surface area contributed by atoms with Crippen LogP contribution in [0.1, 0.15) is 15.9 Å². The van der Waals surface area contributed by atoms with E-state index in [0.717, 1.165) is 18.2 Å². The Morgan fingerprint density at radius 3 is 2.19 bits per heavy atom. The number of hydrogen-bond acceptors (Lipinski definition) is 4. The van der Waals surface area contributed by atoms with Crippen LogP contribution in [-0.2, 0) is 6.54 Å². The van der Waals surface area contributed by atoms with Gasteiger partial charge in [-0.15, -0.1) is 0 Å². The Balaban J connectivity index is 1.62. The molecule has 1 amide bonds. The molecule has 1 aliphatic rings. The zero-order valence-electron chi connectivity index (χ0n) is 14.2. The standard InChI is InChI=1S/C18H16F3N3O3/c19-14-2-1-3-15(20)17(14)18(25)23-8-6-22(7-9-23)11-12-4-5-13(24(26)27)10-16(12)21/h1-5,10H,6-9,11H2. The first-order valence-electron chi connectivity index (χ1n) is 8.25. The van der Waals surface area contributed by atoms with E-state index in [4.69, 9.17) is 0 Å². The van der Waals surface area contributed by atoms with E-state index in [1.54, 1.807) is 0 Å². The van der Waals surface area contributed by atoms with Gasteiger partial charge >= 0.3 is 0 Å². The van der Waals surface area contributed by atoms with Gasteiger partial charge in [0.2, 0.25) is 0 Å². The molecule has 142 valence electrons. The molecule has 0 aromatic heterocycles. The summed E-state index contributed by atoms with van der Waals surface area (Å²) in [5, 5.41) is 10.7. The molecule has 0 bridgehead atoms. The van der Waals surface area contributed by atoms with E-state index in [0.29, 0.717) is 18.7 Å². The molecule has 0 spiro atoms. The smallest absolute Gasteiger partial charge is 0.272 e. The number of halogens is 3. The van der Waals surface area contributed by atoms with Crippen molar-refractivity contribution in [1.82, 2.24) is 9.80 Å². The molecule has 1 aliphatic heterocycles. The van der Waals surface area contributed by atoms with Crippen LogP contribution in [0.3, 0.4) is 0 Å². The molecule has 0 unspecified atom stereocenters. The molecule has 9 heteroatoms. The molecule has 2 aromatic carbocycles. The van der Waals surface area contributed by atoms with Gasteiger partial charge in [-0.2, -0.15) is 0 Å². The topological polar surface area (TPSA) is 66.7 Å². The molecule has 0 radical (unpaired) electrons. The molecular formula is C18H16F3N3O3. The summed E-state index contributed by atoms with van der Waals surface area (Å²) < 4.78 is 41.5. The van der Waals surface area contributed by atoms with Crippen LogP contribution in [0.4, 0.5) is 18.9 Å². The van der Waals surface area contributed by atoms with Gasteiger partial charge in [-0.05, 0) is 18.2 Å². The summed E-state index contributed by atoms with van der Waals surface area (Å²) in [5.74, 6) is -3.20. The van der Waals surface area contributed by atoms with Gasteiger partial charge in [0.1, 0.15) is 23.0 Å². The average Bonchev–Trinajstić information content (AvgIpc) is 2.63. The Bertz CT molecular complexity index is 863. The molecule has 0 N–H and O–H groups in total. The lowest BCUT2D eigenvalue weighted by Gasteiger charge is -2.34. The number of amides is 1. The van der Waals surface area contributed by atoms with E-state index in [9.17, 15) is 28.1 Å². The van der Waals surface area contributed by atoms with Gasteiger partial charge in [-0.25, -0.2) is 13.2 Å². The number of non-ortho nitro benzene ring substituents is 1. The largest absolute Gasteiger partial charge is 0.336 e. The van der Waals surface area contributed by atoms with Crippen molar-refractivity contribution in [3.05, 3.63) is 75.1 Å². The molecule has 1 heterocycles. The van der Waals surface area contributed by atoms with Gasteiger partial charge in [-0.3, -0.25) is 19.8 Å². The van der Waals surface area contributed by atoms with E-state index < -0.39 is 33.8 Å². The van der Waals surface area contributed by atoms with Crippen LogP contribution in [-0.4, -0.2) is 46.8 Å². The summed E-state index contributed by atoms with van der Waals surface area (Å²) in [5.41, 5.74) is -0.591. The number of rotatable bonds is 4. The van der Waals surface area contributed by atoms with Crippen LogP contribution in [0.15, 0.2) is 36.4 Å². The maximum Gasteiger partial charge on any atom is 0.272 e. The number of hydrogen-bond donors (Lipinski definition) is 0. The van der Waals surface area contributed by atoms with Gasteiger partial charge in [0.25, 0.3) is 11.6 Å². The van der Waals surface area contributed by atoms with E-state index in [2.05, 4.69) is 0 Å². The number of carbonyl (C=O) groups excluding carboxylic acids is 1. The molecule has 1 saturated heterocycles. The van der Waals surface area contributed by atoms with Crippen molar-refractivity contribution in [3.8, 4) is 0 Å². The van der Waals surface area contributed by atoms with Crippen molar-refractivity contribution >= 4 is 11.6 Å². The monoisotopic (exact) mass is 379 g/mol. The molecule has 0 atom stereocenters. The van der Waals surface area contributed by atoms with Crippen molar-refractivity contribution in [2.45, 2.75) is 6.54 Å². The minimum absolute atomic E-state index is 0.222. The van der Waals surface area contributed by atoms with Gasteiger partial charge in [0.05, 0.1) is 11.0 Å². The molecule has 1 fully saturated rings. The molecule has 0 aliphatic carbocycles. The van der Waals surface area contributed by atoms with Crippen LogP contribution in [0, 0.1) is 27.6 Å². The molecule has 6 nitrogen and oxygen atoms in total. The maximum absolute atomic E-state index is 14.0. The molecule has 3 rings (SSSR count). The highest BCUT2D eigenvalue weighted by atomic mass is 19.1. The first-order valence-corrected chi connectivity index (χ1v) is 8.25. The highest BCUT2D eigenvalue weighted by molar-refractivity contribution is 5.94. The third kappa shape index (κ3) is 4.08. The van der Waals surface area contributed by atoms with E-state index in [-0.39, 0.29) is 25.3 Å². The van der Waals surface area contributed by atoms with Crippen molar-refractivity contribution < 1.29 is 22.9 Å². The third-order valence-corrected chi connectivity index (χ3v) is 4.48. The predicted molar refractivity (Wildman–Crippen MR) is 90.6 cm³/mol. The Morgan fingerprint density at radius 2 is 1.63 bits per heavy atom. The number of carbonyl (C=O) groups is 1. The number of benzene rings is 2. The molecule has 0 saturated carbocycles. The van der Waals surface area contributed by atoms with Gasteiger partial charge < -0.3 is 4.90 Å². The summed E-state index contributed by atoms with van der Waals surface area (Å²) in [6.45, 7) is 1.47. The van der Waals surface area contributed by atoms with Crippen molar-refractivity contribution in [3.63, 3.8) is 0 Å². The lowest BCUT2D eigenvalue weighted by Crippen LogP contribution is -2.48. The minimum atomic E-state index is -0.907. The average molecular weight is 379 g/mol. The first kappa shape index (κ1) is 18.8.